The van der Waals surface area contributed by atoms with E-state index in [2.05, 4.69) is 15.6 Å². The molecule has 0 atom stereocenters. The van der Waals surface area contributed by atoms with Gasteiger partial charge < -0.3 is 15.4 Å². The summed E-state index contributed by atoms with van der Waals surface area (Å²) in [6.45, 7) is 4.30. The van der Waals surface area contributed by atoms with Gasteiger partial charge >= 0.3 is 0 Å². The predicted molar refractivity (Wildman–Crippen MR) is 112 cm³/mol. The smallest absolute Gasteiger partial charge is 0.255 e. The van der Waals surface area contributed by atoms with Gasteiger partial charge in [0, 0.05) is 35.8 Å². The summed E-state index contributed by atoms with van der Waals surface area (Å²) in [6, 6.07) is 17.5. The Hall–Kier alpha value is -3.67. The number of benzene rings is 2. The van der Waals surface area contributed by atoms with Crippen LogP contribution >= 0.6 is 0 Å². The lowest BCUT2D eigenvalue weighted by Crippen LogP contribution is -2.23. The molecule has 1 aromatic heterocycles. The number of carbonyl (C=O) groups excluding carboxylic acids is 2. The molecule has 2 amide bonds. The second-order valence-electron chi connectivity index (χ2n) is 6.76. The number of carbonyl (C=O) groups is 2. The highest BCUT2D eigenvalue weighted by molar-refractivity contribution is 6.06. The van der Waals surface area contributed by atoms with E-state index in [1.165, 1.54) is 0 Å². The Morgan fingerprint density at radius 2 is 1.59 bits per heavy atom. The van der Waals surface area contributed by atoms with Gasteiger partial charge in [-0.1, -0.05) is 6.07 Å². The summed E-state index contributed by atoms with van der Waals surface area (Å²) in [5.41, 5.74) is 2.43. The van der Waals surface area contributed by atoms with Crippen LogP contribution in [0.15, 0.2) is 73.1 Å². The largest absolute Gasteiger partial charge is 0.491 e. The van der Waals surface area contributed by atoms with Crippen LogP contribution in [0.2, 0.25) is 0 Å². The van der Waals surface area contributed by atoms with Crippen molar-refractivity contribution >= 4 is 17.5 Å². The standard InChI is InChI=1S/C23H23N3O3/c1-16(2)29-21-8-6-20(7-9-21)26-23(28)19-5-3-4-18(14-19)22(27)25-15-17-10-12-24-13-11-17/h3-14,16H,15H2,1-2H3,(H,25,27)(H,26,28). The third-order valence-electron chi connectivity index (χ3n) is 4.07. The Labute approximate surface area is 169 Å². The number of hydrogen-bond donors (Lipinski definition) is 2. The molecule has 0 fully saturated rings. The van der Waals surface area contributed by atoms with Gasteiger partial charge in [-0.2, -0.15) is 0 Å². The quantitative estimate of drug-likeness (QED) is 0.639. The Bertz CT molecular complexity index is 970. The molecule has 6 nitrogen and oxygen atoms in total. The van der Waals surface area contributed by atoms with Crippen molar-refractivity contribution in [2.45, 2.75) is 26.5 Å². The number of nitrogens with one attached hydrogen (secondary N) is 2. The van der Waals surface area contributed by atoms with Gasteiger partial charge in [-0.3, -0.25) is 14.6 Å². The van der Waals surface area contributed by atoms with Crippen molar-refractivity contribution in [3.8, 4) is 5.75 Å². The van der Waals surface area contributed by atoms with Crippen LogP contribution in [-0.4, -0.2) is 22.9 Å². The maximum Gasteiger partial charge on any atom is 0.255 e. The number of ether oxygens (including phenoxy) is 1. The lowest BCUT2D eigenvalue weighted by Gasteiger charge is -2.11. The van der Waals surface area contributed by atoms with Gasteiger partial charge in [0.2, 0.25) is 0 Å². The summed E-state index contributed by atoms with van der Waals surface area (Å²) < 4.78 is 5.60. The van der Waals surface area contributed by atoms with E-state index in [-0.39, 0.29) is 17.9 Å². The highest BCUT2D eigenvalue weighted by Crippen LogP contribution is 2.18. The van der Waals surface area contributed by atoms with E-state index in [1.54, 1.807) is 60.9 Å². The predicted octanol–water partition coefficient (Wildman–Crippen LogP) is 4.05. The maximum absolute atomic E-state index is 12.5. The second-order valence-corrected chi connectivity index (χ2v) is 6.76. The number of nitrogens with zero attached hydrogens (tertiary/aromatic N) is 1. The summed E-state index contributed by atoms with van der Waals surface area (Å²) in [5.74, 6) is 0.212. The molecule has 0 unspecified atom stereocenters. The molecule has 0 aliphatic carbocycles. The summed E-state index contributed by atoms with van der Waals surface area (Å²) in [4.78, 5) is 28.9. The van der Waals surface area contributed by atoms with Crippen LogP contribution in [0.1, 0.15) is 40.1 Å². The maximum atomic E-state index is 12.5. The van der Waals surface area contributed by atoms with E-state index in [1.807, 2.05) is 26.0 Å². The fourth-order valence-corrected chi connectivity index (χ4v) is 2.68. The highest BCUT2D eigenvalue weighted by Gasteiger charge is 2.11. The number of anilines is 1. The fraction of sp³-hybridized carbons (Fsp3) is 0.174. The Morgan fingerprint density at radius 1 is 0.931 bits per heavy atom. The molecule has 0 radical (unpaired) electrons. The van der Waals surface area contributed by atoms with Gasteiger partial charge in [0.05, 0.1) is 6.10 Å². The molecule has 0 spiro atoms. The molecule has 0 bridgehead atoms. The molecule has 0 saturated heterocycles. The van der Waals surface area contributed by atoms with E-state index >= 15 is 0 Å². The average Bonchev–Trinajstić information content (AvgIpc) is 2.74. The molecule has 6 heteroatoms. The van der Waals surface area contributed by atoms with Gasteiger partial charge in [0.1, 0.15) is 5.75 Å². The number of hydrogen-bond acceptors (Lipinski definition) is 4. The molecule has 148 valence electrons. The lowest BCUT2D eigenvalue weighted by atomic mass is 10.1. The zero-order valence-electron chi connectivity index (χ0n) is 16.4. The highest BCUT2D eigenvalue weighted by atomic mass is 16.5. The van der Waals surface area contributed by atoms with Gasteiger partial charge in [-0.15, -0.1) is 0 Å². The zero-order chi connectivity index (χ0) is 20.6. The first kappa shape index (κ1) is 20.1. The third-order valence-corrected chi connectivity index (χ3v) is 4.07. The van der Waals surface area contributed by atoms with Crippen molar-refractivity contribution in [1.29, 1.82) is 0 Å². The first-order valence-electron chi connectivity index (χ1n) is 9.36. The minimum atomic E-state index is -0.286. The van der Waals surface area contributed by atoms with Crippen molar-refractivity contribution in [2.75, 3.05) is 5.32 Å². The first-order chi connectivity index (χ1) is 14.0. The lowest BCUT2D eigenvalue weighted by molar-refractivity contribution is 0.0951. The Morgan fingerprint density at radius 3 is 2.24 bits per heavy atom. The Balaban J connectivity index is 1.62. The average molecular weight is 389 g/mol. The van der Waals surface area contributed by atoms with E-state index in [0.29, 0.717) is 23.4 Å². The van der Waals surface area contributed by atoms with E-state index in [0.717, 1.165) is 11.3 Å². The van der Waals surface area contributed by atoms with Crippen LogP contribution < -0.4 is 15.4 Å². The fourth-order valence-electron chi connectivity index (χ4n) is 2.68. The van der Waals surface area contributed by atoms with Crippen molar-refractivity contribution < 1.29 is 14.3 Å². The van der Waals surface area contributed by atoms with Gasteiger partial charge in [-0.25, -0.2) is 0 Å². The monoisotopic (exact) mass is 389 g/mol. The van der Waals surface area contributed by atoms with Crippen LogP contribution in [0, 0.1) is 0 Å². The molecule has 2 N–H and O–H groups in total. The van der Waals surface area contributed by atoms with E-state index in [9.17, 15) is 9.59 Å². The van der Waals surface area contributed by atoms with Crippen LogP contribution in [0.25, 0.3) is 0 Å². The molecular formula is C23H23N3O3. The normalized spacial score (nSPS) is 10.4. The first-order valence-corrected chi connectivity index (χ1v) is 9.36. The SMILES string of the molecule is CC(C)Oc1ccc(NC(=O)c2cccc(C(=O)NCc3ccncc3)c2)cc1. The third kappa shape index (κ3) is 5.90. The summed E-state index contributed by atoms with van der Waals surface area (Å²) in [6.07, 6.45) is 3.44. The molecular weight excluding hydrogens is 366 g/mol. The van der Waals surface area contributed by atoms with Gasteiger partial charge in [0.15, 0.2) is 0 Å². The van der Waals surface area contributed by atoms with Crippen molar-refractivity contribution in [3.63, 3.8) is 0 Å². The second kappa shape index (κ2) is 9.50. The zero-order valence-corrected chi connectivity index (χ0v) is 16.4. The summed E-state index contributed by atoms with van der Waals surface area (Å²) in [7, 11) is 0. The summed E-state index contributed by atoms with van der Waals surface area (Å²) >= 11 is 0. The van der Waals surface area contributed by atoms with Crippen LogP contribution in [0.3, 0.4) is 0 Å². The number of amides is 2. The van der Waals surface area contributed by atoms with Crippen molar-refractivity contribution in [2.24, 2.45) is 0 Å². The molecule has 3 aromatic rings. The number of rotatable bonds is 7. The van der Waals surface area contributed by atoms with Crippen LogP contribution in [0.4, 0.5) is 5.69 Å². The number of pyridine rings is 1. The van der Waals surface area contributed by atoms with E-state index < -0.39 is 0 Å². The molecule has 0 saturated carbocycles. The van der Waals surface area contributed by atoms with Gasteiger partial charge in [-0.05, 0) is 74.0 Å². The van der Waals surface area contributed by atoms with Crippen LogP contribution in [-0.2, 0) is 6.54 Å². The number of aromatic nitrogens is 1. The molecule has 0 aliphatic rings. The minimum Gasteiger partial charge on any atom is -0.491 e. The molecule has 29 heavy (non-hydrogen) atoms. The molecule has 1 heterocycles. The van der Waals surface area contributed by atoms with Gasteiger partial charge in [0.25, 0.3) is 11.8 Å². The topological polar surface area (TPSA) is 80.3 Å². The van der Waals surface area contributed by atoms with Crippen LogP contribution in [0.5, 0.6) is 5.75 Å². The van der Waals surface area contributed by atoms with E-state index in [4.69, 9.17) is 4.74 Å². The van der Waals surface area contributed by atoms with Crippen molar-refractivity contribution in [1.82, 2.24) is 10.3 Å². The molecule has 3 rings (SSSR count). The molecule has 2 aromatic carbocycles. The Kier molecular flexibility index (Phi) is 6.58. The minimum absolute atomic E-state index is 0.0860. The molecule has 0 aliphatic heterocycles. The van der Waals surface area contributed by atoms with Crippen molar-refractivity contribution in [3.05, 3.63) is 89.7 Å². The summed E-state index contributed by atoms with van der Waals surface area (Å²) in [5, 5.41) is 5.67.